The van der Waals surface area contributed by atoms with Crippen LogP contribution in [0.1, 0.15) is 11.7 Å². The zero-order valence-corrected chi connectivity index (χ0v) is 12.6. The van der Waals surface area contributed by atoms with Gasteiger partial charge >= 0.3 is 5.97 Å². The molecule has 0 saturated carbocycles. The molecule has 0 amide bonds. The van der Waals surface area contributed by atoms with Crippen LogP contribution in [0.4, 0.5) is 0 Å². The summed E-state index contributed by atoms with van der Waals surface area (Å²) in [5, 5.41) is 35.9. The molecule has 1 atom stereocenters. The van der Waals surface area contributed by atoms with Gasteiger partial charge in [-0.25, -0.2) is 4.79 Å². The second-order valence-corrected chi connectivity index (χ2v) is 4.34. The number of benzene rings is 2. The van der Waals surface area contributed by atoms with Crippen LogP contribution in [0.15, 0.2) is 42.5 Å². The van der Waals surface area contributed by atoms with E-state index in [0.717, 1.165) is 0 Å². The molecule has 0 spiro atoms. The van der Waals surface area contributed by atoms with Gasteiger partial charge in [0.05, 0.1) is 14.2 Å². The molecule has 124 valence electrons. The average molecular weight is 322 g/mol. The van der Waals surface area contributed by atoms with Gasteiger partial charge in [0.1, 0.15) is 0 Å². The van der Waals surface area contributed by atoms with Crippen molar-refractivity contribution in [1.29, 1.82) is 0 Å². The fraction of sp³-hybridized carbons (Fsp3) is 0.188. The molecule has 4 N–H and O–H groups in total. The first-order valence-corrected chi connectivity index (χ1v) is 6.50. The topological polar surface area (TPSA) is 116 Å². The Hall–Kier alpha value is -2.93. The van der Waals surface area contributed by atoms with Crippen LogP contribution in [0.2, 0.25) is 0 Å². The molecule has 1 unspecified atom stereocenters. The maximum atomic E-state index is 10.4. The Morgan fingerprint density at radius 1 is 0.957 bits per heavy atom. The lowest BCUT2D eigenvalue weighted by Crippen LogP contribution is -2.10. The highest BCUT2D eigenvalue weighted by molar-refractivity contribution is 5.74. The number of ether oxygens (including phenoxy) is 2. The standard InChI is InChI=1S/C9H10O5.C7H8O2/c1-14-7-4-5(2-3-6(7)10)8(11)9(12)13;1-9-7-5-3-2-4-6(7)8/h2-4,8,10-11H,1H3,(H,12,13);2-5,8H,1H3. The first kappa shape index (κ1) is 18.1. The van der Waals surface area contributed by atoms with Crippen molar-refractivity contribution in [3.63, 3.8) is 0 Å². The highest BCUT2D eigenvalue weighted by Crippen LogP contribution is 2.28. The predicted octanol–water partition coefficient (Wildman–Crippen LogP) is 1.92. The van der Waals surface area contributed by atoms with Crippen molar-refractivity contribution >= 4 is 5.97 Å². The van der Waals surface area contributed by atoms with Gasteiger partial charge in [-0.3, -0.25) is 0 Å². The number of aliphatic hydroxyl groups is 1. The molecule has 0 aliphatic rings. The van der Waals surface area contributed by atoms with Crippen LogP contribution in [0.25, 0.3) is 0 Å². The molecule has 0 radical (unpaired) electrons. The van der Waals surface area contributed by atoms with Crippen LogP contribution >= 0.6 is 0 Å². The maximum absolute atomic E-state index is 10.4. The van der Waals surface area contributed by atoms with Crippen LogP contribution < -0.4 is 9.47 Å². The lowest BCUT2D eigenvalue weighted by atomic mass is 10.1. The third-order valence-corrected chi connectivity index (χ3v) is 2.84. The number of aliphatic carboxylic acids is 1. The number of phenols is 2. The summed E-state index contributed by atoms with van der Waals surface area (Å²) in [6, 6.07) is 10.7. The quantitative estimate of drug-likeness (QED) is 0.679. The first-order valence-electron chi connectivity index (χ1n) is 6.50. The molecule has 2 aromatic carbocycles. The van der Waals surface area contributed by atoms with Crippen molar-refractivity contribution in [3.8, 4) is 23.0 Å². The fourth-order valence-corrected chi connectivity index (χ4v) is 1.64. The number of carboxylic acid groups (broad SMARTS) is 1. The van der Waals surface area contributed by atoms with E-state index in [4.69, 9.17) is 19.7 Å². The molecule has 0 fully saturated rings. The van der Waals surface area contributed by atoms with Crippen molar-refractivity contribution in [2.45, 2.75) is 6.10 Å². The zero-order chi connectivity index (χ0) is 17.4. The Kier molecular flexibility index (Phi) is 6.69. The summed E-state index contributed by atoms with van der Waals surface area (Å²) < 4.78 is 9.56. The van der Waals surface area contributed by atoms with Crippen molar-refractivity contribution in [3.05, 3.63) is 48.0 Å². The fourth-order valence-electron chi connectivity index (χ4n) is 1.64. The number of carbonyl (C=O) groups is 1. The summed E-state index contributed by atoms with van der Waals surface area (Å²) in [5.74, 6) is -0.633. The van der Waals surface area contributed by atoms with Crippen LogP contribution in [0.3, 0.4) is 0 Å². The van der Waals surface area contributed by atoms with Gasteiger partial charge in [-0.2, -0.15) is 0 Å². The van der Waals surface area contributed by atoms with Gasteiger partial charge in [-0.15, -0.1) is 0 Å². The summed E-state index contributed by atoms with van der Waals surface area (Å²) >= 11 is 0. The number of para-hydroxylation sites is 2. The summed E-state index contributed by atoms with van der Waals surface area (Å²) in [4.78, 5) is 10.4. The second-order valence-electron chi connectivity index (χ2n) is 4.34. The van der Waals surface area contributed by atoms with Gasteiger partial charge in [0.25, 0.3) is 0 Å². The van der Waals surface area contributed by atoms with Gasteiger partial charge in [0.2, 0.25) is 0 Å². The van der Waals surface area contributed by atoms with E-state index in [2.05, 4.69) is 0 Å². The van der Waals surface area contributed by atoms with E-state index in [1.165, 1.54) is 32.4 Å². The molecule has 7 heteroatoms. The number of aromatic hydroxyl groups is 2. The Balaban J connectivity index is 0.000000253. The minimum absolute atomic E-state index is 0.103. The molecule has 0 aliphatic heterocycles. The molecule has 0 aromatic heterocycles. The maximum Gasteiger partial charge on any atom is 0.337 e. The molecule has 2 rings (SSSR count). The number of aliphatic hydroxyl groups excluding tert-OH is 1. The van der Waals surface area contributed by atoms with Crippen molar-refractivity contribution in [1.82, 2.24) is 0 Å². The summed E-state index contributed by atoms with van der Waals surface area (Å²) in [5.41, 5.74) is 0.159. The number of phenolic OH excluding ortho intramolecular Hbond substituents is 2. The molecular formula is C16H18O7. The van der Waals surface area contributed by atoms with Gasteiger partial charge < -0.3 is 29.9 Å². The number of carboxylic acids is 1. The lowest BCUT2D eigenvalue weighted by molar-refractivity contribution is -0.146. The summed E-state index contributed by atoms with van der Waals surface area (Å²) in [7, 11) is 2.86. The molecule has 0 bridgehead atoms. The summed E-state index contributed by atoms with van der Waals surface area (Å²) in [6.45, 7) is 0. The smallest absolute Gasteiger partial charge is 0.337 e. The SMILES string of the molecule is COc1cc(C(O)C(=O)O)ccc1O.COc1ccccc1O. The van der Waals surface area contributed by atoms with Crippen molar-refractivity contribution < 1.29 is 34.7 Å². The largest absolute Gasteiger partial charge is 0.504 e. The van der Waals surface area contributed by atoms with Gasteiger partial charge in [0.15, 0.2) is 29.1 Å². The molecule has 2 aromatic rings. The van der Waals surface area contributed by atoms with E-state index in [-0.39, 0.29) is 22.8 Å². The first-order chi connectivity index (χ1) is 10.9. The predicted molar refractivity (Wildman–Crippen MR) is 81.9 cm³/mol. The minimum atomic E-state index is -1.61. The third kappa shape index (κ3) is 5.08. The van der Waals surface area contributed by atoms with Crippen molar-refractivity contribution in [2.24, 2.45) is 0 Å². The monoisotopic (exact) mass is 322 g/mol. The van der Waals surface area contributed by atoms with E-state index >= 15 is 0 Å². The third-order valence-electron chi connectivity index (χ3n) is 2.84. The molecule has 23 heavy (non-hydrogen) atoms. The molecule has 0 saturated heterocycles. The Bertz CT molecular complexity index is 655. The minimum Gasteiger partial charge on any atom is -0.504 e. The highest BCUT2D eigenvalue weighted by atomic mass is 16.5. The van der Waals surface area contributed by atoms with E-state index in [9.17, 15) is 15.0 Å². The van der Waals surface area contributed by atoms with E-state index in [1.807, 2.05) is 0 Å². The second kappa shape index (κ2) is 8.50. The van der Waals surface area contributed by atoms with Crippen LogP contribution in [0, 0.1) is 0 Å². The van der Waals surface area contributed by atoms with E-state index in [1.54, 1.807) is 24.3 Å². The van der Waals surface area contributed by atoms with Crippen LogP contribution in [-0.4, -0.2) is 40.6 Å². The summed E-state index contributed by atoms with van der Waals surface area (Å²) in [6.07, 6.45) is -1.61. The zero-order valence-electron chi connectivity index (χ0n) is 12.6. The normalized spacial score (nSPS) is 10.9. The molecule has 7 nitrogen and oxygen atoms in total. The molecule has 0 heterocycles. The van der Waals surface area contributed by atoms with Crippen LogP contribution in [0.5, 0.6) is 23.0 Å². The number of rotatable bonds is 4. The highest BCUT2D eigenvalue weighted by Gasteiger charge is 2.17. The number of hydrogen-bond donors (Lipinski definition) is 4. The number of hydrogen-bond acceptors (Lipinski definition) is 6. The van der Waals surface area contributed by atoms with Gasteiger partial charge in [-0.1, -0.05) is 18.2 Å². The van der Waals surface area contributed by atoms with Gasteiger partial charge in [-0.05, 0) is 29.8 Å². The van der Waals surface area contributed by atoms with E-state index in [0.29, 0.717) is 5.75 Å². The van der Waals surface area contributed by atoms with Crippen molar-refractivity contribution in [2.75, 3.05) is 14.2 Å². The molecular weight excluding hydrogens is 304 g/mol. The lowest BCUT2D eigenvalue weighted by Gasteiger charge is -2.08. The van der Waals surface area contributed by atoms with E-state index < -0.39 is 12.1 Å². The molecule has 0 aliphatic carbocycles. The average Bonchev–Trinajstić information content (AvgIpc) is 2.55. The Morgan fingerprint density at radius 3 is 2.00 bits per heavy atom. The Labute approximate surface area is 133 Å². The van der Waals surface area contributed by atoms with Gasteiger partial charge in [0, 0.05) is 0 Å². The van der Waals surface area contributed by atoms with Crippen LogP contribution in [-0.2, 0) is 4.79 Å². The number of methoxy groups -OCH3 is 2. The Morgan fingerprint density at radius 2 is 1.52 bits per heavy atom.